The highest BCUT2D eigenvalue weighted by Gasteiger charge is 2.27. The summed E-state index contributed by atoms with van der Waals surface area (Å²) in [5.74, 6) is 1.46. The summed E-state index contributed by atoms with van der Waals surface area (Å²) in [4.78, 5) is 8.92. The molecule has 1 aliphatic heterocycles. The number of benzene rings is 1. The van der Waals surface area contributed by atoms with Gasteiger partial charge < -0.3 is 14.5 Å². The van der Waals surface area contributed by atoms with Crippen molar-refractivity contribution < 1.29 is 4.74 Å². The fourth-order valence-corrected chi connectivity index (χ4v) is 2.92. The van der Waals surface area contributed by atoms with E-state index in [9.17, 15) is 0 Å². The lowest BCUT2D eigenvalue weighted by Gasteiger charge is -2.32. The van der Waals surface area contributed by atoms with E-state index in [-0.39, 0.29) is 6.10 Å². The molecule has 2 rings (SSSR count). The van der Waals surface area contributed by atoms with Gasteiger partial charge in [-0.3, -0.25) is 4.99 Å². The molecule has 116 valence electrons. The van der Waals surface area contributed by atoms with Gasteiger partial charge in [-0.2, -0.15) is 0 Å². The predicted octanol–water partition coefficient (Wildman–Crippen LogP) is 2.63. The smallest absolute Gasteiger partial charge is 0.195 e. The molecule has 4 heteroatoms. The van der Waals surface area contributed by atoms with Crippen LogP contribution in [-0.2, 0) is 4.74 Å². The Morgan fingerprint density at radius 2 is 1.81 bits per heavy atom. The zero-order valence-electron chi connectivity index (χ0n) is 13.6. The average Bonchev–Trinajstić information content (AvgIpc) is 2.48. The molecule has 0 amide bonds. The third-order valence-electron chi connectivity index (χ3n) is 3.84. The first kappa shape index (κ1) is 15.8. The Bertz CT molecular complexity index is 446. The van der Waals surface area contributed by atoms with E-state index in [4.69, 9.17) is 9.73 Å². The van der Waals surface area contributed by atoms with Gasteiger partial charge in [0.25, 0.3) is 0 Å². The highest BCUT2D eigenvalue weighted by Crippen LogP contribution is 2.33. The van der Waals surface area contributed by atoms with Gasteiger partial charge in [0.2, 0.25) is 0 Å². The molecule has 1 saturated heterocycles. The molecule has 2 atom stereocenters. The van der Waals surface area contributed by atoms with E-state index in [0.717, 1.165) is 25.5 Å². The van der Waals surface area contributed by atoms with Crippen LogP contribution in [0, 0.1) is 5.92 Å². The zero-order valence-corrected chi connectivity index (χ0v) is 13.6. The molecule has 0 aliphatic carbocycles. The molecule has 1 aliphatic rings. The van der Waals surface area contributed by atoms with Crippen LogP contribution >= 0.6 is 0 Å². The average molecular weight is 289 g/mol. The van der Waals surface area contributed by atoms with Crippen molar-refractivity contribution >= 4 is 5.96 Å². The van der Waals surface area contributed by atoms with Crippen LogP contribution in [0.25, 0.3) is 0 Å². The van der Waals surface area contributed by atoms with Crippen LogP contribution in [0.15, 0.2) is 35.3 Å². The van der Waals surface area contributed by atoms with Gasteiger partial charge in [0.15, 0.2) is 5.96 Å². The summed E-state index contributed by atoms with van der Waals surface area (Å²) in [7, 11) is 8.13. The number of rotatable bonds is 3. The second kappa shape index (κ2) is 7.46. The van der Waals surface area contributed by atoms with Crippen LogP contribution in [0.5, 0.6) is 0 Å². The molecule has 4 nitrogen and oxygen atoms in total. The number of guanidine groups is 1. The van der Waals surface area contributed by atoms with Gasteiger partial charge in [0.05, 0.1) is 6.10 Å². The van der Waals surface area contributed by atoms with Gasteiger partial charge in [-0.25, -0.2) is 0 Å². The lowest BCUT2D eigenvalue weighted by atomic mass is 9.89. The Morgan fingerprint density at radius 3 is 2.43 bits per heavy atom. The summed E-state index contributed by atoms with van der Waals surface area (Å²) in [6.07, 6.45) is 2.48. The van der Waals surface area contributed by atoms with Crippen LogP contribution < -0.4 is 0 Å². The van der Waals surface area contributed by atoms with Gasteiger partial charge in [-0.05, 0) is 18.4 Å². The molecule has 21 heavy (non-hydrogen) atoms. The SMILES string of the molecule is CN(C)C(=NCC1CCCOC1c1ccccc1)N(C)C. The molecule has 2 unspecified atom stereocenters. The van der Waals surface area contributed by atoms with Crippen molar-refractivity contribution in [3.8, 4) is 0 Å². The summed E-state index contributed by atoms with van der Waals surface area (Å²) in [5, 5.41) is 0. The van der Waals surface area contributed by atoms with E-state index in [2.05, 4.69) is 40.1 Å². The molecular weight excluding hydrogens is 262 g/mol. The minimum atomic E-state index is 0.175. The number of ether oxygens (including phenoxy) is 1. The van der Waals surface area contributed by atoms with Gasteiger partial charge in [-0.15, -0.1) is 0 Å². The first-order valence-electron chi connectivity index (χ1n) is 7.65. The van der Waals surface area contributed by atoms with Crippen LogP contribution in [0.3, 0.4) is 0 Å². The summed E-state index contributed by atoms with van der Waals surface area (Å²) in [5.41, 5.74) is 1.27. The molecule has 0 aromatic heterocycles. The Balaban J connectivity index is 2.11. The molecule has 0 N–H and O–H groups in total. The second-order valence-electron chi connectivity index (χ2n) is 6.03. The van der Waals surface area contributed by atoms with Crippen LogP contribution in [0.4, 0.5) is 0 Å². The lowest BCUT2D eigenvalue weighted by molar-refractivity contribution is -0.0251. The quantitative estimate of drug-likeness (QED) is 0.632. The van der Waals surface area contributed by atoms with E-state index in [1.54, 1.807) is 0 Å². The van der Waals surface area contributed by atoms with Crippen molar-refractivity contribution in [1.82, 2.24) is 9.80 Å². The summed E-state index contributed by atoms with van der Waals surface area (Å²) >= 11 is 0. The fraction of sp³-hybridized carbons (Fsp3) is 0.588. The van der Waals surface area contributed by atoms with Crippen molar-refractivity contribution in [2.75, 3.05) is 41.3 Å². The standard InChI is InChI=1S/C17H27N3O/c1-19(2)17(20(3)4)18-13-15-11-8-12-21-16(15)14-9-6-5-7-10-14/h5-7,9-10,15-16H,8,11-13H2,1-4H3. The summed E-state index contributed by atoms with van der Waals surface area (Å²) in [6, 6.07) is 10.5. The number of hydrogen-bond acceptors (Lipinski definition) is 2. The van der Waals surface area contributed by atoms with E-state index < -0.39 is 0 Å². The first-order valence-corrected chi connectivity index (χ1v) is 7.65. The molecule has 0 saturated carbocycles. The molecular formula is C17H27N3O. The topological polar surface area (TPSA) is 28.1 Å². The Morgan fingerprint density at radius 1 is 1.14 bits per heavy atom. The Labute approximate surface area is 128 Å². The number of hydrogen-bond donors (Lipinski definition) is 0. The molecule has 0 spiro atoms. The molecule has 1 heterocycles. The lowest BCUT2D eigenvalue weighted by Crippen LogP contribution is -2.36. The molecule has 0 radical (unpaired) electrons. The normalized spacial score (nSPS) is 21.7. The first-order chi connectivity index (χ1) is 10.1. The molecule has 1 fully saturated rings. The maximum absolute atomic E-state index is 6.03. The van der Waals surface area contributed by atoms with Crippen LogP contribution in [-0.4, -0.2) is 57.1 Å². The Hall–Kier alpha value is -1.55. The van der Waals surface area contributed by atoms with Crippen molar-refractivity contribution in [2.45, 2.75) is 18.9 Å². The fourth-order valence-electron chi connectivity index (χ4n) is 2.92. The van der Waals surface area contributed by atoms with Crippen molar-refractivity contribution in [3.05, 3.63) is 35.9 Å². The third-order valence-corrected chi connectivity index (χ3v) is 3.84. The van der Waals surface area contributed by atoms with Gasteiger partial charge in [-0.1, -0.05) is 30.3 Å². The Kier molecular flexibility index (Phi) is 5.62. The van der Waals surface area contributed by atoms with Gasteiger partial charge in [0, 0.05) is 47.3 Å². The monoisotopic (exact) mass is 289 g/mol. The minimum Gasteiger partial charge on any atom is -0.373 e. The van der Waals surface area contributed by atoms with Gasteiger partial charge in [0.1, 0.15) is 0 Å². The molecule has 0 bridgehead atoms. The van der Waals surface area contributed by atoms with E-state index >= 15 is 0 Å². The van der Waals surface area contributed by atoms with Crippen molar-refractivity contribution in [3.63, 3.8) is 0 Å². The molecule has 1 aromatic rings. The number of nitrogens with zero attached hydrogens (tertiary/aromatic N) is 3. The number of aliphatic imine (C=N–C) groups is 1. The maximum Gasteiger partial charge on any atom is 0.195 e. The largest absolute Gasteiger partial charge is 0.373 e. The van der Waals surface area contributed by atoms with Crippen LogP contribution in [0.2, 0.25) is 0 Å². The maximum atomic E-state index is 6.03. The van der Waals surface area contributed by atoms with Crippen LogP contribution in [0.1, 0.15) is 24.5 Å². The van der Waals surface area contributed by atoms with Crippen molar-refractivity contribution in [1.29, 1.82) is 0 Å². The second-order valence-corrected chi connectivity index (χ2v) is 6.03. The van der Waals surface area contributed by atoms with Crippen molar-refractivity contribution in [2.24, 2.45) is 10.9 Å². The van der Waals surface area contributed by atoms with E-state index in [1.807, 2.05) is 28.2 Å². The minimum absolute atomic E-state index is 0.175. The van der Waals surface area contributed by atoms with E-state index in [0.29, 0.717) is 5.92 Å². The van der Waals surface area contributed by atoms with Gasteiger partial charge >= 0.3 is 0 Å². The van der Waals surface area contributed by atoms with E-state index in [1.165, 1.54) is 12.0 Å². The third kappa shape index (κ3) is 4.21. The summed E-state index contributed by atoms with van der Waals surface area (Å²) in [6.45, 7) is 1.67. The highest BCUT2D eigenvalue weighted by molar-refractivity contribution is 5.79. The zero-order chi connectivity index (χ0) is 15.2. The predicted molar refractivity (Wildman–Crippen MR) is 87.5 cm³/mol. The molecule has 1 aromatic carbocycles. The summed E-state index contributed by atoms with van der Waals surface area (Å²) < 4.78 is 6.03. The highest BCUT2D eigenvalue weighted by atomic mass is 16.5.